The van der Waals surface area contributed by atoms with E-state index in [4.69, 9.17) is 9.63 Å². The van der Waals surface area contributed by atoms with E-state index in [1.807, 2.05) is 0 Å². The highest BCUT2D eigenvalue weighted by atomic mass is 32.2. The molecule has 19 heavy (non-hydrogen) atoms. The maximum atomic E-state index is 10.4. The minimum absolute atomic E-state index is 0.0566. The summed E-state index contributed by atoms with van der Waals surface area (Å²) in [4.78, 5) is 19.6. The van der Waals surface area contributed by atoms with Gasteiger partial charge in [-0.15, -0.1) is 11.8 Å². The molecule has 1 aromatic rings. The molecule has 2 bridgehead atoms. The Kier molecular flexibility index (Phi) is 3.72. The lowest BCUT2D eigenvalue weighted by atomic mass is 10.1. The highest BCUT2D eigenvalue weighted by molar-refractivity contribution is 7.99. The Balaban J connectivity index is 1.60. The summed E-state index contributed by atoms with van der Waals surface area (Å²) in [5.41, 5.74) is 0. The second kappa shape index (κ2) is 5.48. The van der Waals surface area contributed by atoms with Crippen LogP contribution in [0, 0.1) is 0 Å². The maximum Gasteiger partial charge on any atom is 0.313 e. The monoisotopic (exact) mass is 284 g/mol. The van der Waals surface area contributed by atoms with Crippen LogP contribution in [0.3, 0.4) is 0 Å². The Bertz CT molecular complexity index is 459. The minimum Gasteiger partial charge on any atom is -0.481 e. The highest BCUT2D eigenvalue weighted by Crippen LogP contribution is 2.27. The quantitative estimate of drug-likeness (QED) is 0.813. The molecule has 1 unspecified atom stereocenters. The van der Waals surface area contributed by atoms with Crippen molar-refractivity contribution in [3.05, 3.63) is 11.7 Å². The Morgan fingerprint density at radius 3 is 2.84 bits per heavy atom. The molecule has 0 aromatic carbocycles. The number of fused-ring (bicyclic) bond motifs is 3. The molecule has 7 nitrogen and oxygen atoms in total. The number of carboxylic acid groups (broad SMARTS) is 1. The minimum atomic E-state index is -0.826. The number of hydrogen-bond acceptors (Lipinski definition) is 7. The van der Waals surface area contributed by atoms with Crippen molar-refractivity contribution in [2.45, 2.75) is 11.8 Å². The lowest BCUT2D eigenvalue weighted by Crippen LogP contribution is -2.57. The Labute approximate surface area is 114 Å². The molecule has 1 N–H and O–H groups in total. The van der Waals surface area contributed by atoms with Crippen molar-refractivity contribution in [3.63, 3.8) is 0 Å². The molecule has 1 aromatic heterocycles. The topological polar surface area (TPSA) is 82.7 Å². The number of carbonyl (C=O) groups is 1. The van der Waals surface area contributed by atoms with E-state index >= 15 is 0 Å². The van der Waals surface area contributed by atoms with Crippen LogP contribution in [-0.2, 0) is 10.5 Å². The third-order valence-electron chi connectivity index (χ3n) is 3.51. The molecule has 0 aliphatic carbocycles. The molecular formula is C11H16N4O3S. The van der Waals surface area contributed by atoms with Crippen LogP contribution in [0.1, 0.15) is 17.8 Å². The zero-order valence-corrected chi connectivity index (χ0v) is 11.3. The van der Waals surface area contributed by atoms with Crippen molar-refractivity contribution >= 4 is 17.7 Å². The van der Waals surface area contributed by atoms with Gasteiger partial charge in [0.1, 0.15) is 0 Å². The largest absolute Gasteiger partial charge is 0.481 e. The average molecular weight is 284 g/mol. The van der Waals surface area contributed by atoms with Gasteiger partial charge in [-0.3, -0.25) is 14.6 Å². The van der Waals surface area contributed by atoms with Gasteiger partial charge in [-0.2, -0.15) is 4.98 Å². The Morgan fingerprint density at radius 1 is 1.42 bits per heavy atom. The van der Waals surface area contributed by atoms with Crippen LogP contribution < -0.4 is 0 Å². The second-order valence-corrected chi connectivity index (χ2v) is 5.77. The number of aliphatic carboxylic acids is 1. The van der Waals surface area contributed by atoms with Crippen LogP contribution in [0.5, 0.6) is 0 Å². The van der Waals surface area contributed by atoms with Crippen molar-refractivity contribution in [1.82, 2.24) is 19.9 Å². The molecular weight excluding hydrogens is 268 g/mol. The van der Waals surface area contributed by atoms with E-state index in [2.05, 4.69) is 19.9 Å². The maximum absolute atomic E-state index is 10.4. The van der Waals surface area contributed by atoms with E-state index in [1.165, 1.54) is 11.8 Å². The summed E-state index contributed by atoms with van der Waals surface area (Å²) in [6.45, 7) is 5.32. The number of thioether (sulfide) groups is 1. The van der Waals surface area contributed by atoms with Gasteiger partial charge in [-0.05, 0) is 0 Å². The van der Waals surface area contributed by atoms with E-state index in [0.717, 1.165) is 38.5 Å². The predicted octanol–water partition coefficient (Wildman–Crippen LogP) is 0.0597. The molecule has 0 spiro atoms. The third-order valence-corrected chi connectivity index (χ3v) is 4.41. The van der Waals surface area contributed by atoms with Gasteiger partial charge in [0, 0.05) is 32.7 Å². The summed E-state index contributed by atoms with van der Waals surface area (Å²) in [6, 6.07) is 0.226. The second-order valence-electron chi connectivity index (χ2n) is 4.79. The normalized spacial score (nSPS) is 29.6. The van der Waals surface area contributed by atoms with E-state index in [0.29, 0.717) is 11.6 Å². The summed E-state index contributed by atoms with van der Waals surface area (Å²) < 4.78 is 5.19. The van der Waals surface area contributed by atoms with Gasteiger partial charge in [0.05, 0.1) is 17.5 Å². The molecule has 4 heterocycles. The number of nitrogens with zero attached hydrogens (tertiary/aromatic N) is 4. The van der Waals surface area contributed by atoms with Gasteiger partial charge >= 0.3 is 5.97 Å². The van der Waals surface area contributed by atoms with Crippen molar-refractivity contribution < 1.29 is 14.4 Å². The lowest BCUT2D eigenvalue weighted by Gasteiger charge is -2.46. The number of rotatable bonds is 5. The van der Waals surface area contributed by atoms with E-state index in [-0.39, 0.29) is 11.8 Å². The first-order valence-electron chi connectivity index (χ1n) is 6.31. The van der Waals surface area contributed by atoms with Crippen molar-refractivity contribution in [2.24, 2.45) is 0 Å². The van der Waals surface area contributed by atoms with Crippen molar-refractivity contribution in [2.75, 3.05) is 38.5 Å². The van der Waals surface area contributed by atoms with Crippen LogP contribution >= 0.6 is 11.8 Å². The van der Waals surface area contributed by atoms with Gasteiger partial charge in [0.25, 0.3) is 0 Å². The van der Waals surface area contributed by atoms with E-state index in [1.54, 1.807) is 0 Å². The summed E-state index contributed by atoms with van der Waals surface area (Å²) in [5, 5.41) is 12.6. The van der Waals surface area contributed by atoms with Gasteiger partial charge < -0.3 is 9.63 Å². The molecule has 3 saturated heterocycles. The summed E-state index contributed by atoms with van der Waals surface area (Å²) in [6.07, 6.45) is 0. The van der Waals surface area contributed by atoms with E-state index < -0.39 is 5.97 Å². The number of carboxylic acids is 1. The number of aromatic nitrogens is 2. The molecule has 4 rings (SSSR count). The van der Waals surface area contributed by atoms with Crippen molar-refractivity contribution in [1.29, 1.82) is 0 Å². The molecule has 3 aliphatic rings. The zero-order valence-electron chi connectivity index (χ0n) is 10.5. The van der Waals surface area contributed by atoms with Crippen LogP contribution in [0.15, 0.2) is 4.52 Å². The number of piperazine rings is 3. The standard InChI is InChI=1S/C11H16N4O3S/c16-10(17)7-19-6-9-12-11(13-18-9)8-5-14-1-3-15(8)4-2-14/h8H,1-7H2,(H,16,17). The SMILES string of the molecule is O=C(O)CSCc1nc(C2CN3CCN2CC3)no1. The lowest BCUT2D eigenvalue weighted by molar-refractivity contribution is -0.133. The van der Waals surface area contributed by atoms with E-state index in [9.17, 15) is 4.79 Å². The smallest absolute Gasteiger partial charge is 0.313 e. The van der Waals surface area contributed by atoms with Crippen LogP contribution in [0.2, 0.25) is 0 Å². The fraction of sp³-hybridized carbons (Fsp3) is 0.727. The Hall–Kier alpha value is -1.12. The molecule has 1 atom stereocenters. The third kappa shape index (κ3) is 2.90. The molecule has 0 radical (unpaired) electrons. The first-order valence-corrected chi connectivity index (χ1v) is 7.46. The molecule has 3 aliphatic heterocycles. The summed E-state index contributed by atoms with van der Waals surface area (Å²) in [7, 11) is 0. The summed E-state index contributed by atoms with van der Waals surface area (Å²) >= 11 is 1.27. The van der Waals surface area contributed by atoms with Gasteiger partial charge in [0.15, 0.2) is 5.82 Å². The first-order chi connectivity index (χ1) is 9.22. The number of hydrogen-bond donors (Lipinski definition) is 1. The van der Waals surface area contributed by atoms with Crippen LogP contribution in [-0.4, -0.2) is 69.5 Å². The van der Waals surface area contributed by atoms with Gasteiger partial charge in [-0.25, -0.2) is 0 Å². The Morgan fingerprint density at radius 2 is 2.21 bits per heavy atom. The molecule has 8 heteroatoms. The predicted molar refractivity (Wildman–Crippen MR) is 68.8 cm³/mol. The van der Waals surface area contributed by atoms with Gasteiger partial charge in [0.2, 0.25) is 5.89 Å². The summed E-state index contributed by atoms with van der Waals surface area (Å²) in [5.74, 6) is 0.930. The fourth-order valence-corrected chi connectivity index (χ4v) is 3.12. The van der Waals surface area contributed by atoms with Gasteiger partial charge in [-0.1, -0.05) is 5.16 Å². The van der Waals surface area contributed by atoms with Crippen molar-refractivity contribution in [3.8, 4) is 0 Å². The molecule has 104 valence electrons. The fourth-order valence-electron chi connectivity index (χ4n) is 2.55. The zero-order chi connectivity index (χ0) is 13.2. The first kappa shape index (κ1) is 12.9. The molecule has 0 amide bonds. The van der Waals surface area contributed by atoms with Crippen LogP contribution in [0.25, 0.3) is 0 Å². The van der Waals surface area contributed by atoms with Crippen LogP contribution in [0.4, 0.5) is 0 Å². The molecule has 3 fully saturated rings. The highest BCUT2D eigenvalue weighted by Gasteiger charge is 2.35. The average Bonchev–Trinajstić information content (AvgIpc) is 2.88. The molecule has 0 saturated carbocycles.